The van der Waals surface area contributed by atoms with E-state index in [0.29, 0.717) is 23.7 Å². The molecule has 176 valence electrons. The summed E-state index contributed by atoms with van der Waals surface area (Å²) >= 11 is 0. The van der Waals surface area contributed by atoms with E-state index in [-0.39, 0.29) is 6.04 Å². The zero-order valence-corrected chi connectivity index (χ0v) is 19.6. The Morgan fingerprint density at radius 3 is 2.00 bits per heavy atom. The molecule has 2 aromatic rings. The molecule has 0 amide bonds. The van der Waals surface area contributed by atoms with Gasteiger partial charge in [0, 0.05) is 36.7 Å². The average Bonchev–Trinajstić information content (AvgIpc) is 2.89. The van der Waals surface area contributed by atoms with Gasteiger partial charge in [0.15, 0.2) is 5.78 Å². The smallest absolute Gasteiger partial charge is 0.153 e. The van der Waals surface area contributed by atoms with E-state index in [1.807, 2.05) is 30.7 Å². The molecule has 6 heteroatoms. The summed E-state index contributed by atoms with van der Waals surface area (Å²) in [6.45, 7) is 5.58. The number of aromatic nitrogens is 2. The van der Waals surface area contributed by atoms with E-state index in [4.69, 9.17) is 5.73 Å². The third-order valence-electron chi connectivity index (χ3n) is 8.44. The first-order valence-electron chi connectivity index (χ1n) is 12.7. The van der Waals surface area contributed by atoms with Crippen molar-refractivity contribution in [2.45, 2.75) is 50.6 Å². The molecule has 0 aromatic carbocycles. The molecule has 6 aliphatic rings. The molecule has 3 atom stereocenters. The summed E-state index contributed by atoms with van der Waals surface area (Å²) in [6, 6.07) is 8.99. The van der Waals surface area contributed by atoms with Gasteiger partial charge in [0.1, 0.15) is 0 Å². The van der Waals surface area contributed by atoms with Crippen molar-refractivity contribution in [1.82, 2.24) is 19.8 Å². The topological polar surface area (TPSA) is 75.3 Å². The molecular weight excluding hydrogens is 410 g/mol. The van der Waals surface area contributed by atoms with Crippen LogP contribution in [0.15, 0.2) is 49.1 Å². The Bertz CT molecular complexity index is 891. The van der Waals surface area contributed by atoms with Crippen LogP contribution < -0.4 is 5.73 Å². The molecule has 0 spiro atoms. The van der Waals surface area contributed by atoms with Crippen molar-refractivity contribution in [3.8, 4) is 0 Å². The molecule has 8 heterocycles. The maximum Gasteiger partial charge on any atom is 0.153 e. The first-order chi connectivity index (χ1) is 16.2. The van der Waals surface area contributed by atoms with Gasteiger partial charge in [-0.05, 0) is 106 Å². The van der Waals surface area contributed by atoms with Gasteiger partial charge in [0.05, 0.1) is 6.04 Å². The normalized spacial score (nSPS) is 34.6. The van der Waals surface area contributed by atoms with E-state index in [1.54, 1.807) is 6.20 Å². The average molecular weight is 448 g/mol. The predicted molar refractivity (Wildman–Crippen MR) is 130 cm³/mol. The number of Topliss-reactive ketones (excluding diaryl/α,β-unsaturated/α-hetero) is 1. The maximum absolute atomic E-state index is 12.1. The lowest BCUT2D eigenvalue weighted by Crippen LogP contribution is -2.57. The van der Waals surface area contributed by atoms with Crippen molar-refractivity contribution in [2.24, 2.45) is 23.5 Å². The molecule has 2 aromatic heterocycles. The molecule has 6 fully saturated rings. The largest absolute Gasteiger partial charge is 0.330 e. The number of piperidine rings is 6. The molecule has 6 nitrogen and oxygen atoms in total. The number of pyridine rings is 2. The van der Waals surface area contributed by atoms with Gasteiger partial charge in [-0.25, -0.2) is 0 Å². The van der Waals surface area contributed by atoms with Crippen LogP contribution in [0.5, 0.6) is 0 Å². The SMILES string of the molecule is NCC1C2CCN(CC2)C1Cc1cccnc1.O=C1C2CCN(CC2)C1Cc1cccnc1. The molecule has 0 radical (unpaired) electrons. The molecule has 33 heavy (non-hydrogen) atoms. The van der Waals surface area contributed by atoms with E-state index in [0.717, 1.165) is 51.2 Å². The number of hydrogen-bond acceptors (Lipinski definition) is 6. The Kier molecular flexibility index (Phi) is 7.14. The highest BCUT2D eigenvalue weighted by Gasteiger charge is 2.41. The fourth-order valence-electron chi connectivity index (χ4n) is 6.57. The van der Waals surface area contributed by atoms with Gasteiger partial charge in [-0.15, -0.1) is 0 Å². The predicted octanol–water partition coefficient (Wildman–Crippen LogP) is 2.58. The summed E-state index contributed by atoms with van der Waals surface area (Å²) in [6.07, 6.45) is 14.3. The van der Waals surface area contributed by atoms with Gasteiger partial charge in [-0.2, -0.15) is 0 Å². The lowest BCUT2D eigenvalue weighted by molar-refractivity contribution is -0.136. The number of nitrogens with two attached hydrogens (primary N) is 1. The van der Waals surface area contributed by atoms with Gasteiger partial charge in [0.25, 0.3) is 0 Å². The van der Waals surface area contributed by atoms with Gasteiger partial charge in [0.2, 0.25) is 0 Å². The van der Waals surface area contributed by atoms with E-state index < -0.39 is 0 Å². The molecule has 8 rings (SSSR count). The highest BCUT2D eigenvalue weighted by atomic mass is 16.1. The van der Waals surface area contributed by atoms with Gasteiger partial charge in [-0.1, -0.05) is 12.1 Å². The maximum atomic E-state index is 12.1. The summed E-state index contributed by atoms with van der Waals surface area (Å²) in [5.74, 6) is 2.36. The minimum atomic E-state index is 0.122. The standard InChI is InChI=1S/C14H21N3.C13H16N2O/c15-9-13-12-3-6-17(7-4-12)14(13)8-11-2-1-5-16-10-11;16-13-11-3-6-15(7-4-11)12(13)8-10-2-1-5-14-9-10/h1-2,5,10,12-14H,3-4,6-9,15H2;1-2,5,9,11-12H,3-4,6-8H2. The number of fused-ring (bicyclic) bond motifs is 6. The summed E-state index contributed by atoms with van der Waals surface area (Å²) < 4.78 is 0. The quantitative estimate of drug-likeness (QED) is 0.759. The Hall–Kier alpha value is -2.15. The van der Waals surface area contributed by atoms with E-state index in [1.165, 1.54) is 37.1 Å². The molecule has 0 aliphatic carbocycles. The lowest BCUT2D eigenvalue weighted by Gasteiger charge is -2.51. The van der Waals surface area contributed by atoms with Crippen LogP contribution in [0.3, 0.4) is 0 Å². The minimum absolute atomic E-state index is 0.122. The summed E-state index contributed by atoms with van der Waals surface area (Å²) in [4.78, 5) is 25.4. The first kappa shape index (κ1) is 22.6. The van der Waals surface area contributed by atoms with Crippen LogP contribution in [0, 0.1) is 17.8 Å². The third-order valence-corrected chi connectivity index (χ3v) is 8.44. The molecule has 2 N–H and O–H groups in total. The molecule has 6 saturated heterocycles. The van der Waals surface area contributed by atoms with Crippen LogP contribution in [0.4, 0.5) is 0 Å². The van der Waals surface area contributed by atoms with Crippen molar-refractivity contribution in [3.63, 3.8) is 0 Å². The fraction of sp³-hybridized carbons (Fsp3) is 0.593. The molecule has 3 unspecified atom stereocenters. The third kappa shape index (κ3) is 5.03. The monoisotopic (exact) mass is 447 g/mol. The minimum Gasteiger partial charge on any atom is -0.330 e. The lowest BCUT2D eigenvalue weighted by atomic mass is 9.72. The van der Waals surface area contributed by atoms with Gasteiger partial charge in [-0.3, -0.25) is 24.6 Å². The molecule has 4 bridgehead atoms. The zero-order chi connectivity index (χ0) is 22.6. The Morgan fingerprint density at radius 2 is 1.45 bits per heavy atom. The molecule has 6 aliphatic heterocycles. The number of hydrogen-bond donors (Lipinski definition) is 1. The van der Waals surface area contributed by atoms with Crippen LogP contribution in [0.1, 0.15) is 36.8 Å². The highest BCUT2D eigenvalue weighted by Crippen LogP contribution is 2.37. The van der Waals surface area contributed by atoms with Crippen LogP contribution in [-0.4, -0.2) is 70.4 Å². The number of carbonyl (C=O) groups is 1. The van der Waals surface area contributed by atoms with Crippen molar-refractivity contribution in [3.05, 3.63) is 60.2 Å². The van der Waals surface area contributed by atoms with Crippen molar-refractivity contribution < 1.29 is 4.79 Å². The van der Waals surface area contributed by atoms with Crippen LogP contribution >= 0.6 is 0 Å². The zero-order valence-electron chi connectivity index (χ0n) is 19.6. The fourth-order valence-corrected chi connectivity index (χ4v) is 6.57. The number of ketones is 1. The highest BCUT2D eigenvalue weighted by molar-refractivity contribution is 5.88. The summed E-state index contributed by atoms with van der Waals surface area (Å²) in [5, 5.41) is 0. The van der Waals surface area contributed by atoms with Crippen molar-refractivity contribution in [1.29, 1.82) is 0 Å². The summed E-state index contributed by atoms with van der Waals surface area (Å²) in [7, 11) is 0. The number of carbonyl (C=O) groups excluding carboxylic acids is 1. The van der Waals surface area contributed by atoms with Crippen LogP contribution in [-0.2, 0) is 17.6 Å². The van der Waals surface area contributed by atoms with Crippen LogP contribution in [0.25, 0.3) is 0 Å². The number of nitrogens with zero attached hydrogens (tertiary/aromatic N) is 4. The second kappa shape index (κ2) is 10.4. The van der Waals surface area contributed by atoms with E-state index >= 15 is 0 Å². The first-order valence-corrected chi connectivity index (χ1v) is 12.7. The van der Waals surface area contributed by atoms with Crippen LogP contribution in [0.2, 0.25) is 0 Å². The molecule has 0 saturated carbocycles. The second-order valence-electron chi connectivity index (χ2n) is 10.2. The Balaban J connectivity index is 0.000000139. The summed E-state index contributed by atoms with van der Waals surface area (Å²) in [5.41, 5.74) is 8.52. The number of rotatable bonds is 5. The Morgan fingerprint density at radius 1 is 0.848 bits per heavy atom. The van der Waals surface area contributed by atoms with Crippen molar-refractivity contribution in [2.75, 3.05) is 32.7 Å². The van der Waals surface area contributed by atoms with Crippen molar-refractivity contribution >= 4 is 5.78 Å². The van der Waals surface area contributed by atoms with Gasteiger partial charge < -0.3 is 5.73 Å². The Labute approximate surface area is 197 Å². The van der Waals surface area contributed by atoms with E-state index in [9.17, 15) is 4.79 Å². The molecular formula is C27H37N5O. The van der Waals surface area contributed by atoms with Gasteiger partial charge >= 0.3 is 0 Å². The second-order valence-corrected chi connectivity index (χ2v) is 10.2. The van der Waals surface area contributed by atoms with E-state index in [2.05, 4.69) is 31.9 Å².